The fourth-order valence-electron chi connectivity index (χ4n) is 1.76. The Morgan fingerprint density at radius 2 is 2.29 bits per heavy atom. The van der Waals surface area contributed by atoms with E-state index in [1.54, 1.807) is 0 Å². The van der Waals surface area contributed by atoms with Gasteiger partial charge in [-0.2, -0.15) is 5.26 Å². The second-order valence-electron chi connectivity index (χ2n) is 3.44. The summed E-state index contributed by atoms with van der Waals surface area (Å²) in [6.45, 7) is 1.78. The molecule has 74 valence electrons. The lowest BCUT2D eigenvalue weighted by atomic mass is 10.1. The van der Waals surface area contributed by atoms with Gasteiger partial charge in [0.25, 0.3) is 0 Å². The van der Waals surface area contributed by atoms with Gasteiger partial charge in [-0.15, -0.1) is 0 Å². The Morgan fingerprint density at radius 3 is 2.79 bits per heavy atom. The average molecular weight is 193 g/mol. The Balaban J connectivity index is 2.09. The molecule has 14 heavy (non-hydrogen) atoms. The maximum absolute atomic E-state index is 11.3. The summed E-state index contributed by atoms with van der Waals surface area (Å²) >= 11 is 0. The minimum atomic E-state index is -1.31. The van der Waals surface area contributed by atoms with Gasteiger partial charge in [-0.25, -0.2) is 9.79 Å². The first-order valence-electron chi connectivity index (χ1n) is 4.59. The molecule has 0 N–H and O–H groups in total. The van der Waals surface area contributed by atoms with E-state index in [9.17, 15) is 4.79 Å². The number of esters is 1. The SMILES string of the molecule is COC(=O)C1(C#N)N=C1N1CCCC1. The van der Waals surface area contributed by atoms with Crippen LogP contribution in [0.15, 0.2) is 4.99 Å². The van der Waals surface area contributed by atoms with E-state index >= 15 is 0 Å². The Bertz CT molecular complexity index is 338. The Morgan fingerprint density at radius 1 is 1.64 bits per heavy atom. The van der Waals surface area contributed by atoms with Crippen molar-refractivity contribution in [2.24, 2.45) is 4.99 Å². The largest absolute Gasteiger partial charge is 0.466 e. The van der Waals surface area contributed by atoms with Crippen LogP contribution in [0.3, 0.4) is 0 Å². The van der Waals surface area contributed by atoms with Crippen LogP contribution >= 0.6 is 0 Å². The second kappa shape index (κ2) is 2.98. The van der Waals surface area contributed by atoms with E-state index in [1.807, 2.05) is 11.0 Å². The minimum Gasteiger partial charge on any atom is -0.466 e. The molecule has 0 bridgehead atoms. The van der Waals surface area contributed by atoms with Crippen molar-refractivity contribution < 1.29 is 9.53 Å². The number of hydrogen-bond donors (Lipinski definition) is 0. The number of methoxy groups -OCH3 is 1. The maximum atomic E-state index is 11.3. The normalized spacial score (nSPS) is 29.4. The molecular formula is C9H11N3O2. The molecule has 1 atom stereocenters. The van der Waals surface area contributed by atoms with Crippen molar-refractivity contribution in [1.29, 1.82) is 5.26 Å². The van der Waals surface area contributed by atoms with Gasteiger partial charge in [0, 0.05) is 13.1 Å². The van der Waals surface area contributed by atoms with Gasteiger partial charge in [-0.05, 0) is 12.8 Å². The zero-order valence-electron chi connectivity index (χ0n) is 7.99. The third-order valence-corrected chi connectivity index (χ3v) is 2.60. The topological polar surface area (TPSA) is 65.7 Å². The summed E-state index contributed by atoms with van der Waals surface area (Å²) in [5, 5.41) is 8.90. The van der Waals surface area contributed by atoms with Gasteiger partial charge in [0.05, 0.1) is 7.11 Å². The highest BCUT2D eigenvalue weighted by Crippen LogP contribution is 2.32. The molecule has 1 fully saturated rings. The standard InChI is InChI=1S/C9H11N3O2/c1-14-8(13)9(6-10)7(11-9)12-4-2-3-5-12/h2-5H2,1H3. The Kier molecular flexibility index (Phi) is 1.92. The van der Waals surface area contributed by atoms with Crippen LogP contribution in [0.5, 0.6) is 0 Å². The quantitative estimate of drug-likeness (QED) is 0.547. The van der Waals surface area contributed by atoms with Gasteiger partial charge in [-0.1, -0.05) is 0 Å². The Hall–Kier alpha value is -1.57. The van der Waals surface area contributed by atoms with E-state index in [2.05, 4.69) is 9.73 Å². The summed E-state index contributed by atoms with van der Waals surface area (Å²) < 4.78 is 4.56. The molecule has 2 heterocycles. The molecule has 5 nitrogen and oxygen atoms in total. The third-order valence-electron chi connectivity index (χ3n) is 2.60. The third kappa shape index (κ3) is 1.07. The molecule has 5 heteroatoms. The number of aliphatic imine (C=N–C) groups is 1. The van der Waals surface area contributed by atoms with Crippen molar-refractivity contribution in [1.82, 2.24) is 4.90 Å². The fraction of sp³-hybridized carbons (Fsp3) is 0.667. The number of nitrogens with zero attached hydrogens (tertiary/aromatic N) is 3. The molecular weight excluding hydrogens is 182 g/mol. The predicted molar refractivity (Wildman–Crippen MR) is 48.6 cm³/mol. The summed E-state index contributed by atoms with van der Waals surface area (Å²) in [5.74, 6) is 0.0197. The summed E-state index contributed by atoms with van der Waals surface area (Å²) in [6, 6.07) is 1.91. The van der Waals surface area contributed by atoms with E-state index in [0.717, 1.165) is 25.9 Å². The zero-order chi connectivity index (χ0) is 10.2. The first kappa shape index (κ1) is 9.00. The Labute approximate surface area is 82.0 Å². The number of amidine groups is 1. The predicted octanol–water partition coefficient (Wildman–Crippen LogP) is -0.0703. The highest BCUT2D eigenvalue weighted by molar-refractivity contribution is 6.23. The molecule has 1 unspecified atom stereocenters. The number of hydrogen-bond acceptors (Lipinski definition) is 5. The summed E-state index contributed by atoms with van der Waals surface area (Å²) in [6.07, 6.45) is 2.20. The maximum Gasteiger partial charge on any atom is 0.356 e. The van der Waals surface area contributed by atoms with Gasteiger partial charge in [0.2, 0.25) is 0 Å². The number of ether oxygens (including phenoxy) is 1. The van der Waals surface area contributed by atoms with Gasteiger partial charge in [0.1, 0.15) is 6.07 Å². The monoisotopic (exact) mass is 193 g/mol. The van der Waals surface area contributed by atoms with Gasteiger partial charge in [0.15, 0.2) is 5.84 Å². The smallest absolute Gasteiger partial charge is 0.356 e. The van der Waals surface area contributed by atoms with E-state index in [-0.39, 0.29) is 0 Å². The second-order valence-corrected chi connectivity index (χ2v) is 3.44. The molecule has 2 rings (SSSR count). The molecule has 0 aromatic heterocycles. The highest BCUT2D eigenvalue weighted by Gasteiger charge is 2.59. The number of carbonyl (C=O) groups is 1. The van der Waals surface area contributed by atoms with Crippen molar-refractivity contribution in [2.75, 3.05) is 20.2 Å². The van der Waals surface area contributed by atoms with E-state index in [1.165, 1.54) is 7.11 Å². The van der Waals surface area contributed by atoms with Crippen LogP contribution in [0.4, 0.5) is 0 Å². The van der Waals surface area contributed by atoms with Crippen molar-refractivity contribution in [3.63, 3.8) is 0 Å². The van der Waals surface area contributed by atoms with Crippen molar-refractivity contribution in [3.8, 4) is 6.07 Å². The molecule has 2 aliphatic rings. The van der Waals surface area contributed by atoms with Crippen molar-refractivity contribution in [2.45, 2.75) is 18.4 Å². The first-order chi connectivity index (χ1) is 6.74. The van der Waals surface area contributed by atoms with Gasteiger partial charge < -0.3 is 9.64 Å². The number of rotatable bonds is 1. The van der Waals surface area contributed by atoms with Crippen LogP contribution in [-0.2, 0) is 9.53 Å². The van der Waals surface area contributed by atoms with Crippen LogP contribution in [0.25, 0.3) is 0 Å². The van der Waals surface area contributed by atoms with Crippen LogP contribution in [-0.4, -0.2) is 42.4 Å². The average Bonchev–Trinajstić information content (AvgIpc) is 2.72. The van der Waals surface area contributed by atoms with E-state index < -0.39 is 11.5 Å². The lowest BCUT2D eigenvalue weighted by Crippen LogP contribution is -2.37. The summed E-state index contributed by atoms with van der Waals surface area (Å²) in [4.78, 5) is 17.3. The van der Waals surface area contributed by atoms with E-state index in [0.29, 0.717) is 5.84 Å². The molecule has 0 saturated carbocycles. The number of carbonyl (C=O) groups excluding carboxylic acids is 1. The van der Waals surface area contributed by atoms with Crippen LogP contribution in [0.2, 0.25) is 0 Å². The minimum absolute atomic E-state index is 0.568. The van der Waals surface area contributed by atoms with Crippen molar-refractivity contribution in [3.05, 3.63) is 0 Å². The van der Waals surface area contributed by atoms with Gasteiger partial charge in [-0.3, -0.25) is 0 Å². The molecule has 0 aromatic carbocycles. The number of nitriles is 1. The fourth-order valence-corrected chi connectivity index (χ4v) is 1.76. The van der Waals surface area contributed by atoms with Crippen LogP contribution < -0.4 is 0 Å². The molecule has 0 amide bonds. The molecule has 0 radical (unpaired) electrons. The lowest BCUT2D eigenvalue weighted by Gasteiger charge is -2.13. The summed E-state index contributed by atoms with van der Waals surface area (Å²) in [5.41, 5.74) is -1.31. The lowest BCUT2D eigenvalue weighted by molar-refractivity contribution is -0.141. The molecule has 0 spiro atoms. The number of likely N-dealkylation sites (tertiary alicyclic amines) is 1. The molecule has 0 aromatic rings. The van der Waals surface area contributed by atoms with E-state index in [4.69, 9.17) is 5.26 Å². The van der Waals surface area contributed by atoms with Crippen LogP contribution in [0, 0.1) is 11.3 Å². The zero-order valence-corrected chi connectivity index (χ0v) is 7.99. The molecule has 2 aliphatic heterocycles. The van der Waals surface area contributed by atoms with Crippen molar-refractivity contribution >= 4 is 11.8 Å². The van der Waals surface area contributed by atoms with Gasteiger partial charge >= 0.3 is 11.5 Å². The summed E-state index contributed by atoms with van der Waals surface area (Å²) in [7, 11) is 1.27. The van der Waals surface area contributed by atoms with Crippen LogP contribution in [0.1, 0.15) is 12.8 Å². The molecule has 0 aliphatic carbocycles. The molecule has 1 saturated heterocycles. The first-order valence-corrected chi connectivity index (χ1v) is 4.59. The highest BCUT2D eigenvalue weighted by atomic mass is 16.5.